The lowest BCUT2D eigenvalue weighted by atomic mass is 10.3. The number of fused-ring (bicyclic) bond motifs is 1. The summed E-state index contributed by atoms with van der Waals surface area (Å²) in [6.07, 6.45) is 0.949. The fourth-order valence-electron chi connectivity index (χ4n) is 2.07. The SMILES string of the molecule is c1ccc(SCCSc2ccc3c(c2)OCCCO3)cc1. The molecule has 1 aliphatic heterocycles. The maximum Gasteiger partial charge on any atom is 0.162 e. The normalized spacial score (nSPS) is 13.7. The van der Waals surface area contributed by atoms with Crippen LogP contribution in [-0.2, 0) is 0 Å². The van der Waals surface area contributed by atoms with Crippen LogP contribution in [0.4, 0.5) is 0 Å². The molecular formula is C17H18O2S2. The molecule has 0 atom stereocenters. The molecule has 0 saturated carbocycles. The second kappa shape index (κ2) is 7.66. The Labute approximate surface area is 134 Å². The van der Waals surface area contributed by atoms with Crippen molar-refractivity contribution in [3.05, 3.63) is 48.5 Å². The Morgan fingerprint density at radius 2 is 1.48 bits per heavy atom. The first-order valence-electron chi connectivity index (χ1n) is 7.12. The summed E-state index contributed by atoms with van der Waals surface area (Å²) >= 11 is 3.76. The Morgan fingerprint density at radius 1 is 0.762 bits per heavy atom. The van der Waals surface area contributed by atoms with Crippen molar-refractivity contribution in [1.29, 1.82) is 0 Å². The first-order chi connectivity index (χ1) is 10.4. The molecule has 2 nitrogen and oxygen atoms in total. The van der Waals surface area contributed by atoms with Crippen molar-refractivity contribution in [2.75, 3.05) is 24.7 Å². The Hall–Kier alpha value is -1.26. The summed E-state index contributed by atoms with van der Waals surface area (Å²) in [5.41, 5.74) is 0. The van der Waals surface area contributed by atoms with Crippen molar-refractivity contribution in [3.63, 3.8) is 0 Å². The minimum Gasteiger partial charge on any atom is -0.490 e. The van der Waals surface area contributed by atoms with E-state index in [1.54, 1.807) is 0 Å². The monoisotopic (exact) mass is 318 g/mol. The minimum absolute atomic E-state index is 0.741. The van der Waals surface area contributed by atoms with E-state index in [-0.39, 0.29) is 0 Å². The van der Waals surface area contributed by atoms with E-state index in [9.17, 15) is 0 Å². The Kier molecular flexibility index (Phi) is 5.35. The van der Waals surface area contributed by atoms with E-state index in [0.717, 1.165) is 42.6 Å². The highest BCUT2D eigenvalue weighted by Gasteiger charge is 2.10. The molecule has 0 unspecified atom stereocenters. The summed E-state index contributed by atoms with van der Waals surface area (Å²) in [4.78, 5) is 2.57. The number of hydrogen-bond acceptors (Lipinski definition) is 4. The summed E-state index contributed by atoms with van der Waals surface area (Å²) < 4.78 is 11.4. The van der Waals surface area contributed by atoms with Crippen molar-refractivity contribution in [3.8, 4) is 11.5 Å². The quantitative estimate of drug-likeness (QED) is 0.585. The van der Waals surface area contributed by atoms with Crippen LogP contribution in [0.2, 0.25) is 0 Å². The molecule has 0 N–H and O–H groups in total. The molecular weight excluding hydrogens is 300 g/mol. The van der Waals surface area contributed by atoms with Gasteiger partial charge in [-0.3, -0.25) is 0 Å². The van der Waals surface area contributed by atoms with E-state index < -0.39 is 0 Å². The third-order valence-electron chi connectivity index (χ3n) is 3.08. The number of thioether (sulfide) groups is 2. The summed E-state index contributed by atoms with van der Waals surface area (Å²) in [5.74, 6) is 3.94. The van der Waals surface area contributed by atoms with Crippen LogP contribution in [0.1, 0.15) is 6.42 Å². The molecule has 1 aliphatic rings. The molecule has 0 bridgehead atoms. The summed E-state index contributed by atoms with van der Waals surface area (Å²) in [5, 5.41) is 0. The zero-order valence-electron chi connectivity index (χ0n) is 11.8. The van der Waals surface area contributed by atoms with Crippen LogP contribution in [0.5, 0.6) is 11.5 Å². The van der Waals surface area contributed by atoms with Gasteiger partial charge in [-0.25, -0.2) is 0 Å². The highest BCUT2D eigenvalue weighted by molar-refractivity contribution is 8.03. The van der Waals surface area contributed by atoms with Gasteiger partial charge in [-0.15, -0.1) is 23.5 Å². The number of ether oxygens (including phenoxy) is 2. The molecule has 0 amide bonds. The van der Waals surface area contributed by atoms with Gasteiger partial charge in [0.15, 0.2) is 11.5 Å². The lowest BCUT2D eigenvalue weighted by Crippen LogP contribution is -1.97. The molecule has 0 fully saturated rings. The molecule has 110 valence electrons. The largest absolute Gasteiger partial charge is 0.490 e. The van der Waals surface area contributed by atoms with Crippen LogP contribution in [0.15, 0.2) is 58.3 Å². The molecule has 0 radical (unpaired) electrons. The number of benzene rings is 2. The molecule has 0 saturated heterocycles. The average Bonchev–Trinajstić information content (AvgIpc) is 2.77. The van der Waals surface area contributed by atoms with E-state index in [1.165, 1.54) is 9.79 Å². The molecule has 0 spiro atoms. The fourth-order valence-corrected chi connectivity index (χ4v) is 3.91. The van der Waals surface area contributed by atoms with Gasteiger partial charge in [0.25, 0.3) is 0 Å². The minimum atomic E-state index is 0.741. The van der Waals surface area contributed by atoms with Crippen molar-refractivity contribution in [1.82, 2.24) is 0 Å². The van der Waals surface area contributed by atoms with Crippen LogP contribution in [0, 0.1) is 0 Å². The number of rotatable bonds is 5. The third-order valence-corrected chi connectivity index (χ3v) is 5.35. The van der Waals surface area contributed by atoms with Crippen LogP contribution in [0.3, 0.4) is 0 Å². The van der Waals surface area contributed by atoms with Gasteiger partial charge in [-0.1, -0.05) is 18.2 Å². The van der Waals surface area contributed by atoms with Crippen molar-refractivity contribution < 1.29 is 9.47 Å². The van der Waals surface area contributed by atoms with Crippen LogP contribution in [-0.4, -0.2) is 24.7 Å². The zero-order valence-corrected chi connectivity index (χ0v) is 13.4. The van der Waals surface area contributed by atoms with E-state index in [2.05, 4.69) is 42.5 Å². The van der Waals surface area contributed by atoms with Gasteiger partial charge in [0.05, 0.1) is 13.2 Å². The third kappa shape index (κ3) is 4.35. The zero-order chi connectivity index (χ0) is 14.3. The lowest BCUT2D eigenvalue weighted by Gasteiger charge is -2.09. The second-order valence-corrected chi connectivity index (χ2v) is 7.01. The summed E-state index contributed by atoms with van der Waals surface area (Å²) in [6, 6.07) is 16.8. The number of hydrogen-bond donors (Lipinski definition) is 0. The molecule has 0 aliphatic carbocycles. The van der Waals surface area contributed by atoms with Crippen LogP contribution >= 0.6 is 23.5 Å². The van der Waals surface area contributed by atoms with Crippen molar-refractivity contribution in [2.45, 2.75) is 16.2 Å². The van der Waals surface area contributed by atoms with Gasteiger partial charge in [-0.05, 0) is 30.3 Å². The summed E-state index contributed by atoms with van der Waals surface area (Å²) in [6.45, 7) is 1.48. The molecule has 2 aromatic rings. The van der Waals surface area contributed by atoms with Gasteiger partial charge < -0.3 is 9.47 Å². The van der Waals surface area contributed by atoms with E-state index >= 15 is 0 Å². The van der Waals surface area contributed by atoms with Gasteiger partial charge in [0, 0.05) is 27.7 Å². The first-order valence-corrected chi connectivity index (χ1v) is 9.09. The predicted octanol–water partition coefficient (Wildman–Crippen LogP) is 4.73. The van der Waals surface area contributed by atoms with Crippen LogP contribution in [0.25, 0.3) is 0 Å². The first kappa shape index (κ1) is 14.7. The maximum atomic E-state index is 5.72. The van der Waals surface area contributed by atoms with E-state index in [4.69, 9.17) is 9.47 Å². The average molecular weight is 318 g/mol. The molecule has 3 rings (SSSR count). The molecule has 0 aromatic heterocycles. The second-order valence-electron chi connectivity index (χ2n) is 4.67. The predicted molar refractivity (Wildman–Crippen MR) is 89.9 cm³/mol. The van der Waals surface area contributed by atoms with Gasteiger partial charge in [0.1, 0.15) is 0 Å². The van der Waals surface area contributed by atoms with Crippen LogP contribution < -0.4 is 9.47 Å². The molecule has 2 aromatic carbocycles. The standard InChI is InChI=1S/C17H18O2S2/c1-2-5-14(6-3-1)20-11-12-21-15-7-8-16-17(13-15)19-10-4-9-18-16/h1-3,5-8,13H,4,9-12H2. The molecule has 4 heteroatoms. The topological polar surface area (TPSA) is 18.5 Å². The van der Waals surface area contributed by atoms with Crippen molar-refractivity contribution >= 4 is 23.5 Å². The van der Waals surface area contributed by atoms with Crippen molar-refractivity contribution in [2.24, 2.45) is 0 Å². The Balaban J connectivity index is 1.50. The highest BCUT2D eigenvalue weighted by atomic mass is 32.2. The fraction of sp³-hybridized carbons (Fsp3) is 0.294. The smallest absolute Gasteiger partial charge is 0.162 e. The molecule has 21 heavy (non-hydrogen) atoms. The maximum absolute atomic E-state index is 5.72. The van der Waals surface area contributed by atoms with Gasteiger partial charge in [-0.2, -0.15) is 0 Å². The van der Waals surface area contributed by atoms with E-state index in [0.29, 0.717) is 0 Å². The molecule has 1 heterocycles. The van der Waals surface area contributed by atoms with Gasteiger partial charge >= 0.3 is 0 Å². The Morgan fingerprint density at radius 3 is 2.29 bits per heavy atom. The summed E-state index contributed by atoms with van der Waals surface area (Å²) in [7, 11) is 0. The van der Waals surface area contributed by atoms with E-state index in [1.807, 2.05) is 29.6 Å². The highest BCUT2D eigenvalue weighted by Crippen LogP contribution is 2.34. The lowest BCUT2D eigenvalue weighted by molar-refractivity contribution is 0.297. The Bertz CT molecular complexity index is 572. The van der Waals surface area contributed by atoms with Gasteiger partial charge in [0.2, 0.25) is 0 Å².